The molecule has 0 bridgehead atoms. The van der Waals surface area contributed by atoms with Crippen LogP contribution in [0.1, 0.15) is 64.5 Å². The lowest BCUT2D eigenvalue weighted by Gasteiger charge is -2.41. The number of aliphatic hydroxyl groups is 1. The van der Waals surface area contributed by atoms with E-state index in [0.717, 1.165) is 85.1 Å². The Morgan fingerprint density at radius 3 is 2.63 bits per heavy atom. The standard InChI is InChI=1S/C30H34N4O3S/c35-29(31-21-8-9-21)27-16-20-12-15-34(26-7-2-1-4-23(26)28(20)38-27)30(36)25-6-3-5-24(32-25)19-10-13-33(14-11-19)22-17-37-18-22/h1-7,16,19,21-22,30,36H,8-15,17-18H2,(H,31,35). The number of rotatable bonds is 6. The zero-order valence-corrected chi connectivity index (χ0v) is 22.3. The van der Waals surface area contributed by atoms with Crippen molar-refractivity contribution in [2.45, 2.75) is 56.3 Å². The number of hydrogen-bond acceptors (Lipinski definition) is 7. The van der Waals surface area contributed by atoms with Gasteiger partial charge in [-0.2, -0.15) is 0 Å². The van der Waals surface area contributed by atoms with Crippen LogP contribution in [-0.2, 0) is 11.2 Å². The Morgan fingerprint density at radius 1 is 1.05 bits per heavy atom. The number of hydrogen-bond donors (Lipinski definition) is 2. The zero-order chi connectivity index (χ0) is 25.6. The quantitative estimate of drug-likeness (QED) is 0.494. The predicted molar refractivity (Wildman–Crippen MR) is 149 cm³/mol. The van der Waals surface area contributed by atoms with Crippen LogP contribution in [0.15, 0.2) is 48.5 Å². The van der Waals surface area contributed by atoms with Crippen LogP contribution in [0.5, 0.6) is 0 Å². The van der Waals surface area contributed by atoms with Crippen molar-refractivity contribution in [1.82, 2.24) is 15.2 Å². The summed E-state index contributed by atoms with van der Waals surface area (Å²) in [4.78, 5) is 24.2. The molecule has 1 amide bonds. The third-order valence-electron chi connectivity index (χ3n) is 8.46. The van der Waals surface area contributed by atoms with Crippen molar-refractivity contribution in [2.75, 3.05) is 37.7 Å². The first-order chi connectivity index (χ1) is 18.6. The van der Waals surface area contributed by atoms with Gasteiger partial charge in [0.05, 0.1) is 29.8 Å². The molecule has 0 spiro atoms. The van der Waals surface area contributed by atoms with Crippen molar-refractivity contribution >= 4 is 22.9 Å². The number of pyridine rings is 1. The lowest BCUT2D eigenvalue weighted by atomic mass is 9.92. The minimum atomic E-state index is -0.838. The van der Waals surface area contributed by atoms with E-state index in [-0.39, 0.29) is 5.91 Å². The van der Waals surface area contributed by atoms with E-state index >= 15 is 0 Å². The van der Waals surface area contributed by atoms with E-state index < -0.39 is 6.23 Å². The van der Waals surface area contributed by atoms with Gasteiger partial charge >= 0.3 is 0 Å². The van der Waals surface area contributed by atoms with Gasteiger partial charge in [-0.25, -0.2) is 0 Å². The number of ether oxygens (including phenoxy) is 1. The van der Waals surface area contributed by atoms with Gasteiger partial charge in [-0.15, -0.1) is 11.3 Å². The van der Waals surface area contributed by atoms with Crippen molar-refractivity contribution in [3.63, 3.8) is 0 Å². The van der Waals surface area contributed by atoms with Crippen molar-refractivity contribution in [3.8, 4) is 10.4 Å². The summed E-state index contributed by atoms with van der Waals surface area (Å²) in [5, 5.41) is 14.8. The molecule has 2 aromatic heterocycles. The Balaban J connectivity index is 1.12. The molecule has 4 aliphatic rings. The molecule has 1 aliphatic carbocycles. The van der Waals surface area contributed by atoms with Crippen LogP contribution in [0.4, 0.5) is 5.69 Å². The summed E-state index contributed by atoms with van der Waals surface area (Å²) in [6.45, 7) is 4.54. The fraction of sp³-hybridized carbons (Fsp3) is 0.467. The van der Waals surface area contributed by atoms with Gasteiger partial charge in [0.15, 0.2) is 6.23 Å². The fourth-order valence-electron chi connectivity index (χ4n) is 5.96. The monoisotopic (exact) mass is 530 g/mol. The van der Waals surface area contributed by atoms with E-state index in [9.17, 15) is 9.90 Å². The molecular formula is C30H34N4O3S. The molecule has 7 rings (SSSR count). The normalized spacial score (nSPS) is 21.2. The summed E-state index contributed by atoms with van der Waals surface area (Å²) in [6.07, 6.45) is 4.26. The van der Waals surface area contributed by atoms with E-state index in [1.807, 2.05) is 30.3 Å². The maximum Gasteiger partial charge on any atom is 0.261 e. The fourth-order valence-corrected chi connectivity index (χ4v) is 7.11. The van der Waals surface area contributed by atoms with Crippen molar-refractivity contribution < 1.29 is 14.6 Å². The lowest BCUT2D eigenvalue weighted by Crippen LogP contribution is -2.51. The average Bonchev–Trinajstić information content (AvgIpc) is 3.66. The minimum Gasteiger partial charge on any atom is -0.378 e. The summed E-state index contributed by atoms with van der Waals surface area (Å²) in [6, 6.07) is 17.3. The third kappa shape index (κ3) is 4.64. The molecule has 1 atom stereocenters. The Kier molecular flexibility index (Phi) is 6.44. The highest BCUT2D eigenvalue weighted by Gasteiger charge is 2.32. The van der Waals surface area contributed by atoms with Gasteiger partial charge in [-0.3, -0.25) is 14.7 Å². The summed E-state index contributed by atoms with van der Waals surface area (Å²) >= 11 is 1.56. The molecular weight excluding hydrogens is 496 g/mol. The van der Waals surface area contributed by atoms with Gasteiger partial charge in [0.25, 0.3) is 5.91 Å². The molecule has 198 valence electrons. The number of nitrogens with zero attached hydrogens (tertiary/aromatic N) is 3. The Morgan fingerprint density at radius 2 is 1.87 bits per heavy atom. The van der Waals surface area contributed by atoms with Crippen LogP contribution in [0.2, 0.25) is 0 Å². The van der Waals surface area contributed by atoms with Crippen LogP contribution >= 0.6 is 11.3 Å². The first kappa shape index (κ1) is 24.3. The molecule has 1 unspecified atom stereocenters. The van der Waals surface area contributed by atoms with Crippen LogP contribution in [0.25, 0.3) is 10.4 Å². The SMILES string of the molecule is O=C(NC1CC1)c1cc2c(s1)-c1ccccc1N(C(O)c1cccc(C3CCN(C4COC4)CC3)n1)CC2. The number of benzene rings is 1. The number of carbonyl (C=O) groups is 1. The number of anilines is 1. The average molecular weight is 531 g/mol. The molecule has 0 radical (unpaired) electrons. The number of aliphatic hydroxyl groups excluding tert-OH is 1. The predicted octanol–water partition coefficient (Wildman–Crippen LogP) is 4.33. The molecule has 3 fully saturated rings. The molecule has 2 saturated heterocycles. The maximum atomic E-state index is 12.7. The molecule has 3 aromatic rings. The number of nitrogens with one attached hydrogen (secondary N) is 1. The molecule has 1 saturated carbocycles. The van der Waals surface area contributed by atoms with Gasteiger partial charge in [0, 0.05) is 40.3 Å². The topological polar surface area (TPSA) is 77.9 Å². The number of amides is 1. The van der Waals surface area contributed by atoms with Crippen molar-refractivity contribution in [1.29, 1.82) is 0 Å². The Labute approximate surface area is 227 Å². The van der Waals surface area contributed by atoms with Crippen LogP contribution in [0.3, 0.4) is 0 Å². The summed E-state index contributed by atoms with van der Waals surface area (Å²) in [7, 11) is 0. The molecule has 2 N–H and O–H groups in total. The summed E-state index contributed by atoms with van der Waals surface area (Å²) < 4.78 is 5.38. The van der Waals surface area contributed by atoms with Crippen molar-refractivity contribution in [3.05, 3.63) is 70.4 Å². The first-order valence-corrected chi connectivity index (χ1v) is 14.7. The molecule has 7 nitrogen and oxygen atoms in total. The molecule has 38 heavy (non-hydrogen) atoms. The number of carbonyl (C=O) groups excluding carboxylic acids is 1. The van der Waals surface area contributed by atoms with E-state index in [2.05, 4.69) is 33.3 Å². The molecule has 8 heteroatoms. The molecule has 3 aliphatic heterocycles. The van der Waals surface area contributed by atoms with E-state index in [0.29, 0.717) is 30.2 Å². The number of fused-ring (bicyclic) bond motifs is 3. The summed E-state index contributed by atoms with van der Waals surface area (Å²) in [5.74, 6) is 0.454. The maximum absolute atomic E-state index is 12.7. The van der Waals surface area contributed by atoms with Crippen LogP contribution in [0, 0.1) is 0 Å². The highest BCUT2D eigenvalue weighted by molar-refractivity contribution is 7.17. The van der Waals surface area contributed by atoms with E-state index in [1.165, 1.54) is 5.56 Å². The van der Waals surface area contributed by atoms with Gasteiger partial charge < -0.3 is 20.1 Å². The molecule has 5 heterocycles. The minimum absolute atomic E-state index is 0.0350. The van der Waals surface area contributed by atoms with Crippen LogP contribution < -0.4 is 10.2 Å². The number of para-hydroxylation sites is 1. The Hall–Kier alpha value is -2.78. The van der Waals surface area contributed by atoms with Crippen molar-refractivity contribution in [2.24, 2.45) is 0 Å². The van der Waals surface area contributed by atoms with Gasteiger partial charge in [0.1, 0.15) is 0 Å². The molecule has 1 aromatic carbocycles. The highest BCUT2D eigenvalue weighted by Crippen LogP contribution is 2.43. The van der Waals surface area contributed by atoms with E-state index in [1.54, 1.807) is 11.3 Å². The van der Waals surface area contributed by atoms with Gasteiger partial charge in [-0.1, -0.05) is 24.3 Å². The van der Waals surface area contributed by atoms with E-state index in [4.69, 9.17) is 9.72 Å². The smallest absolute Gasteiger partial charge is 0.261 e. The number of piperidine rings is 1. The largest absolute Gasteiger partial charge is 0.378 e. The highest BCUT2D eigenvalue weighted by atomic mass is 32.1. The van der Waals surface area contributed by atoms with Crippen LogP contribution in [-0.4, -0.2) is 65.8 Å². The number of thiophene rings is 1. The number of aromatic nitrogens is 1. The second-order valence-corrected chi connectivity index (χ2v) is 12.1. The third-order valence-corrected chi connectivity index (χ3v) is 9.67. The second-order valence-electron chi connectivity index (χ2n) is 11.0. The zero-order valence-electron chi connectivity index (χ0n) is 21.5. The first-order valence-electron chi connectivity index (χ1n) is 13.9. The second kappa shape index (κ2) is 10.1. The van der Waals surface area contributed by atoms with Gasteiger partial charge in [-0.05, 0) is 75.0 Å². The van der Waals surface area contributed by atoms with Gasteiger partial charge in [0.2, 0.25) is 0 Å². The Bertz CT molecular complexity index is 1330. The lowest BCUT2D eigenvalue weighted by molar-refractivity contribution is -0.0713. The summed E-state index contributed by atoms with van der Waals surface area (Å²) in [5.41, 5.74) is 5.00. The number of likely N-dealkylation sites (tertiary alicyclic amines) is 1.